The van der Waals surface area contributed by atoms with Crippen LogP contribution in [0.25, 0.3) is 10.9 Å². The number of halogens is 1. The smallest absolute Gasteiger partial charge is 0.262 e. The van der Waals surface area contributed by atoms with Crippen LogP contribution in [-0.2, 0) is 5.75 Å². The van der Waals surface area contributed by atoms with Gasteiger partial charge in [0.1, 0.15) is 5.76 Å². The summed E-state index contributed by atoms with van der Waals surface area (Å²) >= 11 is 4.94. The summed E-state index contributed by atoms with van der Waals surface area (Å²) in [6, 6.07) is 17.3. The monoisotopic (exact) mass is 455 g/mol. The SMILES string of the molecule is Cc1cc(CSc2nc3ccc(Br)cc3c(=O)n2C(C)c2ccccc2)no1. The molecule has 1 atom stereocenters. The van der Waals surface area contributed by atoms with Crippen molar-refractivity contribution in [2.45, 2.75) is 30.8 Å². The van der Waals surface area contributed by atoms with Crippen molar-refractivity contribution in [1.82, 2.24) is 14.7 Å². The van der Waals surface area contributed by atoms with Crippen molar-refractivity contribution in [3.05, 3.63) is 86.4 Å². The summed E-state index contributed by atoms with van der Waals surface area (Å²) in [5.41, 5.74) is 2.51. The molecule has 5 nitrogen and oxygen atoms in total. The first-order valence-corrected chi connectivity index (χ1v) is 10.6. The normalized spacial score (nSPS) is 12.4. The zero-order chi connectivity index (χ0) is 19.7. The zero-order valence-corrected chi connectivity index (χ0v) is 17.8. The maximum Gasteiger partial charge on any atom is 0.262 e. The number of hydrogen-bond acceptors (Lipinski definition) is 5. The molecule has 0 aliphatic rings. The Kier molecular flexibility index (Phi) is 5.37. The van der Waals surface area contributed by atoms with E-state index in [0.29, 0.717) is 21.8 Å². The molecule has 2 aromatic heterocycles. The number of rotatable bonds is 5. The van der Waals surface area contributed by atoms with E-state index in [-0.39, 0.29) is 11.6 Å². The van der Waals surface area contributed by atoms with Crippen molar-refractivity contribution in [1.29, 1.82) is 0 Å². The Bertz CT molecular complexity index is 1190. The Balaban J connectivity index is 1.83. The summed E-state index contributed by atoms with van der Waals surface area (Å²) in [5.74, 6) is 1.34. The first-order chi connectivity index (χ1) is 13.5. The first kappa shape index (κ1) is 19.0. The van der Waals surface area contributed by atoms with Gasteiger partial charge in [0.25, 0.3) is 5.56 Å². The van der Waals surface area contributed by atoms with Gasteiger partial charge in [0.2, 0.25) is 0 Å². The second kappa shape index (κ2) is 7.93. The van der Waals surface area contributed by atoms with Crippen LogP contribution in [0.4, 0.5) is 0 Å². The van der Waals surface area contributed by atoms with Gasteiger partial charge in [-0.15, -0.1) is 0 Å². The van der Waals surface area contributed by atoms with Gasteiger partial charge in [-0.05, 0) is 37.6 Å². The molecule has 1 unspecified atom stereocenters. The highest BCUT2D eigenvalue weighted by Crippen LogP contribution is 2.27. The molecule has 0 radical (unpaired) electrons. The van der Waals surface area contributed by atoms with Gasteiger partial charge in [0.05, 0.1) is 22.6 Å². The van der Waals surface area contributed by atoms with Gasteiger partial charge in [0, 0.05) is 16.3 Å². The molecular weight excluding hydrogens is 438 g/mol. The topological polar surface area (TPSA) is 60.9 Å². The minimum absolute atomic E-state index is 0.0542. The molecule has 28 heavy (non-hydrogen) atoms. The molecular formula is C21H18BrN3O2S. The standard InChI is InChI=1S/C21H18BrN3O2S/c1-13-10-17(24-27-13)12-28-21-23-19-9-8-16(22)11-18(19)20(26)25(21)14(2)15-6-4-3-5-7-15/h3-11,14H,12H2,1-2H3. The highest BCUT2D eigenvalue weighted by molar-refractivity contribution is 9.10. The van der Waals surface area contributed by atoms with E-state index >= 15 is 0 Å². The minimum atomic E-state index is -0.147. The lowest BCUT2D eigenvalue weighted by Gasteiger charge is -2.20. The first-order valence-electron chi connectivity index (χ1n) is 8.84. The Morgan fingerprint density at radius 2 is 1.96 bits per heavy atom. The van der Waals surface area contributed by atoms with E-state index in [0.717, 1.165) is 21.5 Å². The summed E-state index contributed by atoms with van der Waals surface area (Å²) in [5, 5.41) is 5.30. The van der Waals surface area contributed by atoms with Crippen LogP contribution < -0.4 is 5.56 Å². The molecule has 0 aliphatic heterocycles. The Morgan fingerprint density at radius 1 is 1.18 bits per heavy atom. The fourth-order valence-electron chi connectivity index (χ4n) is 3.10. The van der Waals surface area contributed by atoms with E-state index in [2.05, 4.69) is 21.1 Å². The predicted octanol–water partition coefficient (Wildman–Crippen LogP) is 5.36. The second-order valence-corrected chi connectivity index (χ2v) is 8.39. The van der Waals surface area contributed by atoms with Crippen molar-refractivity contribution in [3.63, 3.8) is 0 Å². The summed E-state index contributed by atoms with van der Waals surface area (Å²) in [6.45, 7) is 3.88. The van der Waals surface area contributed by atoms with Gasteiger partial charge in [-0.25, -0.2) is 4.98 Å². The number of fused-ring (bicyclic) bond motifs is 1. The van der Waals surface area contributed by atoms with Gasteiger partial charge in [-0.2, -0.15) is 0 Å². The highest BCUT2D eigenvalue weighted by Gasteiger charge is 2.18. The van der Waals surface area contributed by atoms with Crippen LogP contribution in [-0.4, -0.2) is 14.7 Å². The lowest BCUT2D eigenvalue weighted by Crippen LogP contribution is -2.27. The van der Waals surface area contributed by atoms with Crippen LogP contribution in [0.2, 0.25) is 0 Å². The Labute approximate surface area is 174 Å². The molecule has 7 heteroatoms. The lowest BCUT2D eigenvalue weighted by atomic mass is 10.1. The molecule has 0 aliphatic carbocycles. The van der Waals surface area contributed by atoms with Crippen molar-refractivity contribution in [3.8, 4) is 0 Å². The summed E-state index contributed by atoms with van der Waals surface area (Å²) < 4.78 is 7.77. The van der Waals surface area contributed by atoms with Gasteiger partial charge in [0.15, 0.2) is 5.16 Å². The van der Waals surface area contributed by atoms with Gasteiger partial charge >= 0.3 is 0 Å². The second-order valence-electron chi connectivity index (χ2n) is 6.54. The van der Waals surface area contributed by atoms with Crippen LogP contribution in [0.1, 0.15) is 30.0 Å². The van der Waals surface area contributed by atoms with Gasteiger partial charge in [-0.3, -0.25) is 9.36 Å². The van der Waals surface area contributed by atoms with E-state index in [1.54, 1.807) is 4.57 Å². The Hall–Kier alpha value is -2.38. The van der Waals surface area contributed by atoms with E-state index in [1.807, 2.05) is 68.4 Å². The third-order valence-electron chi connectivity index (χ3n) is 4.53. The molecule has 0 saturated carbocycles. The molecule has 0 spiro atoms. The number of aromatic nitrogens is 3. The third-order valence-corrected chi connectivity index (χ3v) is 6.00. The third kappa shape index (κ3) is 3.77. The van der Waals surface area contributed by atoms with Crippen molar-refractivity contribution < 1.29 is 4.52 Å². The van der Waals surface area contributed by atoms with Crippen LogP contribution in [0.3, 0.4) is 0 Å². The molecule has 4 aromatic rings. The maximum absolute atomic E-state index is 13.4. The largest absolute Gasteiger partial charge is 0.361 e. The van der Waals surface area contributed by atoms with Crippen LogP contribution in [0.5, 0.6) is 0 Å². The molecule has 2 heterocycles. The molecule has 0 saturated heterocycles. The van der Waals surface area contributed by atoms with Crippen LogP contribution in [0, 0.1) is 6.92 Å². The average molecular weight is 456 g/mol. The number of aryl methyl sites for hydroxylation is 1. The van der Waals surface area contributed by atoms with E-state index in [1.165, 1.54) is 11.8 Å². The van der Waals surface area contributed by atoms with Crippen LogP contribution in [0.15, 0.2) is 73.5 Å². The fraction of sp³-hybridized carbons (Fsp3) is 0.190. The molecule has 2 aromatic carbocycles. The van der Waals surface area contributed by atoms with E-state index in [9.17, 15) is 4.79 Å². The highest BCUT2D eigenvalue weighted by atomic mass is 79.9. The van der Waals surface area contributed by atoms with Crippen molar-refractivity contribution in [2.75, 3.05) is 0 Å². The number of nitrogens with zero attached hydrogens (tertiary/aromatic N) is 3. The molecule has 0 amide bonds. The molecule has 4 rings (SSSR count). The summed E-state index contributed by atoms with van der Waals surface area (Å²) in [6.07, 6.45) is 0. The average Bonchev–Trinajstić information content (AvgIpc) is 3.12. The fourth-order valence-corrected chi connectivity index (χ4v) is 4.42. The van der Waals surface area contributed by atoms with Crippen LogP contribution >= 0.6 is 27.7 Å². The lowest BCUT2D eigenvalue weighted by molar-refractivity contribution is 0.393. The van der Waals surface area contributed by atoms with Crippen molar-refractivity contribution >= 4 is 38.6 Å². The number of thioether (sulfide) groups is 1. The Morgan fingerprint density at radius 3 is 2.68 bits per heavy atom. The van der Waals surface area contributed by atoms with Gasteiger partial charge in [-0.1, -0.05) is 63.2 Å². The molecule has 0 bridgehead atoms. The van der Waals surface area contributed by atoms with E-state index < -0.39 is 0 Å². The molecule has 0 N–H and O–H groups in total. The molecule has 0 fully saturated rings. The maximum atomic E-state index is 13.4. The zero-order valence-electron chi connectivity index (χ0n) is 15.4. The predicted molar refractivity (Wildman–Crippen MR) is 115 cm³/mol. The summed E-state index contributed by atoms with van der Waals surface area (Å²) in [4.78, 5) is 18.2. The van der Waals surface area contributed by atoms with Gasteiger partial charge < -0.3 is 4.52 Å². The number of benzene rings is 2. The van der Waals surface area contributed by atoms with Crippen molar-refractivity contribution in [2.24, 2.45) is 0 Å². The quantitative estimate of drug-likeness (QED) is 0.299. The summed E-state index contributed by atoms with van der Waals surface area (Å²) in [7, 11) is 0. The minimum Gasteiger partial charge on any atom is -0.361 e. The van der Waals surface area contributed by atoms with E-state index in [4.69, 9.17) is 9.51 Å². The molecule has 142 valence electrons. The number of hydrogen-bond donors (Lipinski definition) is 0.